The third-order valence-corrected chi connectivity index (χ3v) is 8.56. The van der Waals surface area contributed by atoms with E-state index in [9.17, 15) is 12.8 Å². The number of hydrogen-bond acceptors (Lipinski definition) is 8. The fraction of sp³-hybridized carbons (Fsp3) is 0.258. The van der Waals surface area contributed by atoms with Crippen LogP contribution in [0, 0.1) is 11.6 Å². The van der Waals surface area contributed by atoms with Crippen LogP contribution in [0.15, 0.2) is 55.2 Å². The molecule has 6 heterocycles. The molecule has 1 aromatic carbocycles. The van der Waals surface area contributed by atoms with E-state index >= 15 is 4.39 Å². The van der Waals surface area contributed by atoms with Gasteiger partial charge in [0.05, 0.1) is 40.6 Å². The maximum atomic E-state index is 16.3. The van der Waals surface area contributed by atoms with Crippen LogP contribution in [0.2, 0.25) is 0 Å². The number of hydrogen-bond donors (Lipinski definition) is 3. The smallest absolute Gasteiger partial charge is 0.209 e. The third kappa shape index (κ3) is 6.03. The summed E-state index contributed by atoms with van der Waals surface area (Å²) in [6, 6.07) is 6.18. The van der Waals surface area contributed by atoms with Crippen LogP contribution in [0.25, 0.3) is 55.8 Å². The zero-order valence-electron chi connectivity index (χ0n) is 24.3. The van der Waals surface area contributed by atoms with Gasteiger partial charge in [0.1, 0.15) is 17.2 Å². The summed E-state index contributed by atoms with van der Waals surface area (Å²) in [6.07, 6.45) is 12.7. The molecule has 1 aliphatic heterocycles. The zero-order chi connectivity index (χ0) is 31.1. The summed E-state index contributed by atoms with van der Waals surface area (Å²) >= 11 is 0. The Morgan fingerprint density at radius 1 is 0.889 bits per heavy atom. The van der Waals surface area contributed by atoms with E-state index in [1.165, 1.54) is 37.6 Å². The molecular formula is C31H29F2N9O2S. The Morgan fingerprint density at radius 2 is 1.69 bits per heavy atom. The average molecular weight is 630 g/mol. The second-order valence-electron chi connectivity index (χ2n) is 11.3. The van der Waals surface area contributed by atoms with Gasteiger partial charge in [0.15, 0.2) is 11.6 Å². The van der Waals surface area contributed by atoms with E-state index in [0.717, 1.165) is 31.5 Å². The highest BCUT2D eigenvalue weighted by Gasteiger charge is 2.22. The molecule has 11 nitrogen and oxygen atoms in total. The van der Waals surface area contributed by atoms with Crippen LogP contribution >= 0.6 is 0 Å². The number of H-pyrrole nitrogens is 2. The highest BCUT2D eigenvalue weighted by atomic mass is 32.2. The van der Waals surface area contributed by atoms with Gasteiger partial charge in [-0.25, -0.2) is 26.9 Å². The van der Waals surface area contributed by atoms with Crippen molar-refractivity contribution >= 4 is 32.0 Å². The van der Waals surface area contributed by atoms with Gasteiger partial charge in [0.2, 0.25) is 10.0 Å². The van der Waals surface area contributed by atoms with Crippen LogP contribution in [-0.4, -0.2) is 67.8 Å². The van der Waals surface area contributed by atoms with Gasteiger partial charge < -0.3 is 4.98 Å². The molecule has 1 fully saturated rings. The first kappa shape index (κ1) is 29.1. The van der Waals surface area contributed by atoms with E-state index in [4.69, 9.17) is 4.98 Å². The first-order valence-electron chi connectivity index (χ1n) is 14.5. The molecule has 14 heteroatoms. The molecule has 0 atom stereocenters. The Hall–Kier alpha value is -4.66. The number of nitrogens with zero attached hydrogens (tertiary/aromatic N) is 6. The number of sulfonamides is 1. The number of halogens is 2. The maximum Gasteiger partial charge on any atom is 0.209 e. The zero-order valence-corrected chi connectivity index (χ0v) is 25.1. The van der Waals surface area contributed by atoms with Crippen molar-refractivity contribution in [3.63, 3.8) is 0 Å². The lowest BCUT2D eigenvalue weighted by Gasteiger charge is -2.26. The highest BCUT2D eigenvalue weighted by molar-refractivity contribution is 7.88. The standard InChI is InChI=1S/C31H29F2N9O2S/c1-45(43,44)37-12-18-7-20(10-22(32)9-18)23-14-35-15-25-29(23)39-31(38-25)30-26-24(40-41-30)16-36-28(27(26)33)21-8-19(11-34-13-21)17-42-5-3-2-4-6-42/h7-11,13-16,37H,2-6,12,17H2,1H3,(H,38,39)(H,40,41). The van der Waals surface area contributed by atoms with E-state index in [-0.39, 0.29) is 29.1 Å². The van der Waals surface area contributed by atoms with Crippen molar-refractivity contribution in [2.75, 3.05) is 19.3 Å². The minimum atomic E-state index is -3.47. The molecule has 0 saturated carbocycles. The van der Waals surface area contributed by atoms with Gasteiger partial charge in [-0.05, 0) is 66.9 Å². The molecule has 0 amide bonds. The van der Waals surface area contributed by atoms with Gasteiger partial charge >= 0.3 is 0 Å². The first-order valence-corrected chi connectivity index (χ1v) is 16.4. The van der Waals surface area contributed by atoms with Crippen molar-refractivity contribution < 1.29 is 17.2 Å². The Morgan fingerprint density at radius 3 is 2.51 bits per heavy atom. The number of aromatic amines is 2. The van der Waals surface area contributed by atoms with Crippen molar-refractivity contribution in [1.29, 1.82) is 0 Å². The third-order valence-electron chi connectivity index (χ3n) is 7.89. The summed E-state index contributed by atoms with van der Waals surface area (Å²) in [5.74, 6) is -0.811. The summed E-state index contributed by atoms with van der Waals surface area (Å²) in [4.78, 5) is 23.3. The van der Waals surface area contributed by atoms with Crippen LogP contribution in [-0.2, 0) is 23.1 Å². The van der Waals surface area contributed by atoms with Crippen molar-refractivity contribution in [2.24, 2.45) is 0 Å². The number of imidazole rings is 1. The predicted molar refractivity (Wildman–Crippen MR) is 166 cm³/mol. The van der Waals surface area contributed by atoms with E-state index in [1.54, 1.807) is 24.7 Å². The lowest BCUT2D eigenvalue weighted by Crippen LogP contribution is -2.29. The molecular weight excluding hydrogens is 600 g/mol. The summed E-state index contributed by atoms with van der Waals surface area (Å²) in [5.41, 5.74) is 4.76. The minimum Gasteiger partial charge on any atom is -0.335 e. The number of pyridine rings is 3. The summed E-state index contributed by atoms with van der Waals surface area (Å²) in [6.45, 7) is 2.75. The van der Waals surface area contributed by atoms with Gasteiger partial charge in [-0.2, -0.15) is 5.10 Å². The lowest BCUT2D eigenvalue weighted by atomic mass is 10.0. The molecule has 0 radical (unpaired) electrons. The van der Waals surface area contributed by atoms with E-state index in [2.05, 4.69) is 39.8 Å². The number of benzene rings is 1. The van der Waals surface area contributed by atoms with Gasteiger partial charge in [-0.3, -0.25) is 25.0 Å². The number of aromatic nitrogens is 7. The lowest BCUT2D eigenvalue weighted by molar-refractivity contribution is 0.220. The molecule has 45 heavy (non-hydrogen) atoms. The normalized spacial score (nSPS) is 14.5. The van der Waals surface area contributed by atoms with Crippen molar-refractivity contribution in [3.8, 4) is 33.9 Å². The van der Waals surface area contributed by atoms with E-state index in [0.29, 0.717) is 38.8 Å². The van der Waals surface area contributed by atoms with Gasteiger partial charge in [0, 0.05) is 42.8 Å². The Balaban J connectivity index is 1.26. The van der Waals surface area contributed by atoms with Crippen LogP contribution in [0.3, 0.4) is 0 Å². The number of likely N-dealkylation sites (tertiary alicyclic amines) is 1. The van der Waals surface area contributed by atoms with Crippen molar-refractivity contribution in [1.82, 2.24) is 44.7 Å². The quantitative estimate of drug-likeness (QED) is 0.215. The summed E-state index contributed by atoms with van der Waals surface area (Å²) in [5, 5.41) is 7.43. The fourth-order valence-electron chi connectivity index (χ4n) is 5.81. The predicted octanol–water partition coefficient (Wildman–Crippen LogP) is 4.94. The molecule has 6 aromatic rings. The summed E-state index contributed by atoms with van der Waals surface area (Å²) < 4.78 is 56.4. The minimum absolute atomic E-state index is 0.0790. The average Bonchev–Trinajstić information content (AvgIpc) is 3.65. The SMILES string of the molecule is CS(=O)(=O)NCc1cc(F)cc(-c2cncc3[nH]c(-c4n[nH]c5cnc(-c6cncc(CN7CCCCC7)c6)c(F)c45)nc23)c1. The molecule has 5 aromatic heterocycles. The number of fused-ring (bicyclic) bond motifs is 2. The van der Waals surface area contributed by atoms with Crippen LogP contribution < -0.4 is 4.72 Å². The largest absolute Gasteiger partial charge is 0.335 e. The van der Waals surface area contributed by atoms with Crippen LogP contribution in [0.5, 0.6) is 0 Å². The Kier molecular flexibility index (Phi) is 7.55. The van der Waals surface area contributed by atoms with E-state index in [1.807, 2.05) is 12.3 Å². The molecule has 3 N–H and O–H groups in total. The maximum absolute atomic E-state index is 16.3. The molecule has 1 aliphatic rings. The second-order valence-corrected chi connectivity index (χ2v) is 13.1. The van der Waals surface area contributed by atoms with Gasteiger partial charge in [-0.15, -0.1) is 0 Å². The van der Waals surface area contributed by atoms with Crippen molar-refractivity contribution in [2.45, 2.75) is 32.4 Å². The molecule has 0 unspecified atom stereocenters. The second kappa shape index (κ2) is 11.7. The Bertz CT molecular complexity index is 2160. The van der Waals surface area contributed by atoms with Gasteiger partial charge in [-0.1, -0.05) is 6.42 Å². The molecule has 230 valence electrons. The first-order chi connectivity index (χ1) is 21.7. The van der Waals surface area contributed by atoms with Gasteiger partial charge in [0.25, 0.3) is 0 Å². The van der Waals surface area contributed by atoms with E-state index < -0.39 is 21.7 Å². The molecule has 7 rings (SSSR count). The van der Waals surface area contributed by atoms with Crippen molar-refractivity contribution in [3.05, 3.63) is 78.0 Å². The monoisotopic (exact) mass is 629 g/mol. The topological polar surface area (TPSA) is 145 Å². The van der Waals surface area contributed by atoms with Crippen LogP contribution in [0.1, 0.15) is 30.4 Å². The number of piperidine rings is 1. The number of rotatable bonds is 8. The molecule has 0 bridgehead atoms. The van der Waals surface area contributed by atoms with Crippen LogP contribution in [0.4, 0.5) is 8.78 Å². The fourth-order valence-corrected chi connectivity index (χ4v) is 6.23. The number of nitrogens with one attached hydrogen (secondary N) is 3. The molecule has 0 spiro atoms. The highest BCUT2D eigenvalue weighted by Crippen LogP contribution is 2.34. The summed E-state index contributed by atoms with van der Waals surface area (Å²) in [7, 11) is -3.47. The molecule has 1 saturated heterocycles. The molecule has 0 aliphatic carbocycles. The Labute approximate surface area is 257 Å².